The lowest BCUT2D eigenvalue weighted by Gasteiger charge is -2.36. The standard InChI is InChI=1S/C24H28N4O5/c1-17(20(29)26-12-14-27(15-13-26)21(30)19-9-6-16-33-19)28-22(31)24(2,25-23(28)32)11-10-18-7-4-3-5-8-18/h3-9,16-17H,10-15H2,1-2H3,(H,25,32)/t17-,24-/m1/s1. The Hall–Kier alpha value is -3.62. The molecule has 2 aliphatic heterocycles. The molecule has 0 bridgehead atoms. The third kappa shape index (κ3) is 4.48. The number of hydrogen-bond donors (Lipinski definition) is 1. The van der Waals surface area contributed by atoms with Crippen LogP contribution in [-0.2, 0) is 16.0 Å². The second-order valence-corrected chi connectivity index (χ2v) is 8.69. The minimum absolute atomic E-state index is 0.219. The van der Waals surface area contributed by atoms with E-state index in [1.54, 1.807) is 35.8 Å². The number of carbonyl (C=O) groups is 4. The van der Waals surface area contributed by atoms with Crippen LogP contribution in [0.25, 0.3) is 0 Å². The highest BCUT2D eigenvalue weighted by Crippen LogP contribution is 2.26. The van der Waals surface area contributed by atoms with Gasteiger partial charge >= 0.3 is 6.03 Å². The van der Waals surface area contributed by atoms with E-state index >= 15 is 0 Å². The molecule has 5 amide bonds. The van der Waals surface area contributed by atoms with Crippen LogP contribution in [0.4, 0.5) is 4.79 Å². The van der Waals surface area contributed by atoms with Crippen LogP contribution in [0.1, 0.15) is 36.4 Å². The summed E-state index contributed by atoms with van der Waals surface area (Å²) in [5.74, 6) is -0.660. The molecule has 2 atom stereocenters. The Balaban J connectivity index is 1.35. The Labute approximate surface area is 192 Å². The molecular weight excluding hydrogens is 424 g/mol. The smallest absolute Gasteiger partial charge is 0.325 e. The number of nitrogens with one attached hydrogen (secondary N) is 1. The van der Waals surface area contributed by atoms with Crippen molar-refractivity contribution in [3.05, 3.63) is 60.1 Å². The van der Waals surface area contributed by atoms with Crippen molar-refractivity contribution >= 4 is 23.8 Å². The number of urea groups is 1. The molecule has 3 heterocycles. The summed E-state index contributed by atoms with van der Waals surface area (Å²) in [7, 11) is 0. The van der Waals surface area contributed by atoms with Gasteiger partial charge < -0.3 is 19.5 Å². The maximum Gasteiger partial charge on any atom is 0.325 e. The van der Waals surface area contributed by atoms with Gasteiger partial charge in [0.25, 0.3) is 11.8 Å². The minimum Gasteiger partial charge on any atom is -0.459 e. The molecule has 0 aliphatic carbocycles. The number of aryl methyl sites for hydroxylation is 1. The third-order valence-corrected chi connectivity index (χ3v) is 6.40. The molecule has 9 heteroatoms. The molecule has 33 heavy (non-hydrogen) atoms. The molecule has 9 nitrogen and oxygen atoms in total. The van der Waals surface area contributed by atoms with E-state index in [0.29, 0.717) is 39.0 Å². The number of imide groups is 1. The highest BCUT2D eigenvalue weighted by molar-refractivity contribution is 6.09. The maximum absolute atomic E-state index is 13.2. The molecule has 1 aromatic heterocycles. The fourth-order valence-corrected chi connectivity index (χ4v) is 4.33. The third-order valence-electron chi connectivity index (χ3n) is 6.40. The van der Waals surface area contributed by atoms with E-state index in [1.165, 1.54) is 6.26 Å². The van der Waals surface area contributed by atoms with Crippen molar-refractivity contribution in [3.8, 4) is 0 Å². The first-order chi connectivity index (χ1) is 15.8. The number of amides is 5. The van der Waals surface area contributed by atoms with Gasteiger partial charge in [-0.3, -0.25) is 14.4 Å². The van der Waals surface area contributed by atoms with E-state index in [4.69, 9.17) is 4.42 Å². The van der Waals surface area contributed by atoms with Crippen molar-refractivity contribution in [1.29, 1.82) is 0 Å². The van der Waals surface area contributed by atoms with Gasteiger partial charge in [-0.05, 0) is 44.4 Å². The van der Waals surface area contributed by atoms with E-state index in [-0.39, 0.29) is 17.6 Å². The number of benzene rings is 1. The predicted octanol–water partition coefficient (Wildman–Crippen LogP) is 1.90. The largest absolute Gasteiger partial charge is 0.459 e. The molecule has 174 valence electrons. The van der Waals surface area contributed by atoms with Crippen LogP contribution in [0.15, 0.2) is 53.1 Å². The lowest BCUT2D eigenvalue weighted by atomic mass is 9.93. The summed E-state index contributed by atoms with van der Waals surface area (Å²) in [6.07, 6.45) is 2.51. The monoisotopic (exact) mass is 452 g/mol. The molecule has 2 saturated heterocycles. The molecular formula is C24H28N4O5. The molecule has 0 unspecified atom stereocenters. The Bertz CT molecular complexity index is 1030. The normalized spacial score (nSPS) is 21.8. The van der Waals surface area contributed by atoms with Crippen LogP contribution < -0.4 is 5.32 Å². The number of hydrogen-bond acceptors (Lipinski definition) is 5. The molecule has 1 aromatic carbocycles. The Kier molecular flexibility index (Phi) is 6.22. The lowest BCUT2D eigenvalue weighted by molar-refractivity contribution is -0.143. The van der Waals surface area contributed by atoms with Crippen LogP contribution in [0.5, 0.6) is 0 Å². The fraction of sp³-hybridized carbons (Fsp3) is 0.417. The summed E-state index contributed by atoms with van der Waals surface area (Å²) in [5.41, 5.74) is 0.0145. The summed E-state index contributed by atoms with van der Waals surface area (Å²) in [4.78, 5) is 55.6. The number of nitrogens with zero attached hydrogens (tertiary/aromatic N) is 3. The van der Waals surface area contributed by atoms with Gasteiger partial charge in [-0.1, -0.05) is 30.3 Å². The Morgan fingerprint density at radius 1 is 1.03 bits per heavy atom. The summed E-state index contributed by atoms with van der Waals surface area (Å²) in [5, 5.41) is 2.78. The molecule has 2 aromatic rings. The van der Waals surface area contributed by atoms with Crippen LogP contribution in [0.3, 0.4) is 0 Å². The van der Waals surface area contributed by atoms with Gasteiger partial charge in [-0.15, -0.1) is 0 Å². The quantitative estimate of drug-likeness (QED) is 0.675. The van der Waals surface area contributed by atoms with Gasteiger partial charge in [0, 0.05) is 26.2 Å². The summed E-state index contributed by atoms with van der Waals surface area (Å²) < 4.78 is 5.16. The zero-order valence-corrected chi connectivity index (χ0v) is 18.8. The molecule has 2 aliphatic rings. The zero-order chi connectivity index (χ0) is 23.6. The molecule has 4 rings (SSSR count). The molecule has 0 saturated carbocycles. The van der Waals surface area contributed by atoms with Crippen molar-refractivity contribution in [3.63, 3.8) is 0 Å². The number of furan rings is 1. The van der Waals surface area contributed by atoms with Crippen molar-refractivity contribution in [2.24, 2.45) is 0 Å². The van der Waals surface area contributed by atoms with Gasteiger partial charge in [0.1, 0.15) is 11.6 Å². The van der Waals surface area contributed by atoms with E-state index in [0.717, 1.165) is 10.5 Å². The zero-order valence-electron chi connectivity index (χ0n) is 18.8. The number of rotatable bonds is 6. The van der Waals surface area contributed by atoms with Crippen molar-refractivity contribution in [2.45, 2.75) is 38.3 Å². The Morgan fingerprint density at radius 2 is 1.70 bits per heavy atom. The number of carbonyl (C=O) groups excluding carboxylic acids is 4. The van der Waals surface area contributed by atoms with Gasteiger partial charge in [0.05, 0.1) is 6.26 Å². The number of piperazine rings is 1. The summed E-state index contributed by atoms with van der Waals surface area (Å²) >= 11 is 0. The topological polar surface area (TPSA) is 103 Å². The Morgan fingerprint density at radius 3 is 2.33 bits per heavy atom. The van der Waals surface area contributed by atoms with Crippen LogP contribution >= 0.6 is 0 Å². The van der Waals surface area contributed by atoms with Gasteiger partial charge in [-0.2, -0.15) is 0 Å². The average molecular weight is 453 g/mol. The SMILES string of the molecule is C[C@H](C(=O)N1CCN(C(=O)c2ccco2)CC1)N1C(=O)N[C@](C)(CCc2ccccc2)C1=O. The highest BCUT2D eigenvalue weighted by Gasteiger charge is 2.50. The second kappa shape index (κ2) is 9.09. The first-order valence-corrected chi connectivity index (χ1v) is 11.1. The lowest BCUT2D eigenvalue weighted by Crippen LogP contribution is -2.56. The summed E-state index contributed by atoms with van der Waals surface area (Å²) in [6, 6.07) is 11.5. The molecule has 2 fully saturated rings. The fourth-order valence-electron chi connectivity index (χ4n) is 4.33. The molecule has 1 N–H and O–H groups in total. The van der Waals surface area contributed by atoms with E-state index in [1.807, 2.05) is 30.3 Å². The van der Waals surface area contributed by atoms with Crippen molar-refractivity contribution < 1.29 is 23.6 Å². The van der Waals surface area contributed by atoms with E-state index in [9.17, 15) is 19.2 Å². The maximum atomic E-state index is 13.2. The second-order valence-electron chi connectivity index (χ2n) is 8.69. The van der Waals surface area contributed by atoms with Crippen molar-refractivity contribution in [2.75, 3.05) is 26.2 Å². The van der Waals surface area contributed by atoms with E-state index in [2.05, 4.69) is 5.32 Å². The molecule has 0 spiro atoms. The van der Waals surface area contributed by atoms with Crippen LogP contribution in [0, 0.1) is 0 Å². The van der Waals surface area contributed by atoms with E-state index < -0.39 is 23.5 Å². The predicted molar refractivity (Wildman–Crippen MR) is 119 cm³/mol. The molecule has 0 radical (unpaired) electrons. The van der Waals surface area contributed by atoms with Gasteiger partial charge in [-0.25, -0.2) is 9.69 Å². The minimum atomic E-state index is -1.06. The summed E-state index contributed by atoms with van der Waals surface area (Å²) in [6.45, 7) is 4.63. The van der Waals surface area contributed by atoms with Crippen LogP contribution in [-0.4, -0.2) is 76.2 Å². The van der Waals surface area contributed by atoms with Crippen molar-refractivity contribution in [1.82, 2.24) is 20.0 Å². The van der Waals surface area contributed by atoms with Gasteiger partial charge in [0.15, 0.2) is 5.76 Å². The van der Waals surface area contributed by atoms with Gasteiger partial charge in [0.2, 0.25) is 5.91 Å². The first-order valence-electron chi connectivity index (χ1n) is 11.1. The average Bonchev–Trinajstić information content (AvgIpc) is 3.44. The van der Waals surface area contributed by atoms with Crippen LogP contribution in [0.2, 0.25) is 0 Å². The highest BCUT2D eigenvalue weighted by atomic mass is 16.3. The first kappa shape index (κ1) is 22.6.